The molecule has 1 aromatic heterocycles. The first kappa shape index (κ1) is 14.5. The van der Waals surface area contributed by atoms with Gasteiger partial charge in [-0.25, -0.2) is 0 Å². The molecule has 0 bridgehead atoms. The summed E-state index contributed by atoms with van der Waals surface area (Å²) < 4.78 is 1.76. The summed E-state index contributed by atoms with van der Waals surface area (Å²) in [6, 6.07) is 6.13. The SMILES string of the molecule is Cn1cnnc1SC1CCN(c2cccc([N+](=O)[O-])c2)C1=O. The van der Waals surface area contributed by atoms with Crippen LogP contribution in [0.3, 0.4) is 0 Å². The molecule has 22 heavy (non-hydrogen) atoms. The van der Waals surface area contributed by atoms with Gasteiger partial charge in [0.15, 0.2) is 5.16 Å². The van der Waals surface area contributed by atoms with Crippen LogP contribution in [0.15, 0.2) is 35.7 Å². The standard InChI is InChI=1S/C13H13N5O3S/c1-16-8-14-15-13(16)22-11-5-6-17(12(11)19)9-3-2-4-10(7-9)18(20)21/h2-4,7-8,11H,5-6H2,1H3. The quantitative estimate of drug-likeness (QED) is 0.628. The molecular weight excluding hydrogens is 306 g/mol. The van der Waals surface area contributed by atoms with Crippen molar-refractivity contribution in [2.45, 2.75) is 16.8 Å². The predicted molar refractivity (Wildman–Crippen MR) is 80.7 cm³/mol. The van der Waals surface area contributed by atoms with E-state index in [4.69, 9.17) is 0 Å². The highest BCUT2D eigenvalue weighted by Crippen LogP contribution is 2.32. The fraction of sp³-hybridized carbons (Fsp3) is 0.308. The summed E-state index contributed by atoms with van der Waals surface area (Å²) in [7, 11) is 1.82. The van der Waals surface area contributed by atoms with Gasteiger partial charge in [0.25, 0.3) is 5.69 Å². The van der Waals surface area contributed by atoms with Crippen molar-refractivity contribution in [3.05, 3.63) is 40.7 Å². The van der Waals surface area contributed by atoms with Crippen molar-refractivity contribution >= 4 is 29.0 Å². The number of non-ortho nitro benzene ring substituents is 1. The van der Waals surface area contributed by atoms with E-state index >= 15 is 0 Å². The third-order valence-corrected chi connectivity index (χ3v) is 4.73. The number of nitro benzene ring substituents is 1. The molecule has 0 saturated carbocycles. The number of carbonyl (C=O) groups is 1. The van der Waals surface area contributed by atoms with Gasteiger partial charge in [0.2, 0.25) is 5.91 Å². The number of hydrogen-bond donors (Lipinski definition) is 0. The van der Waals surface area contributed by atoms with Gasteiger partial charge in [0.05, 0.1) is 15.9 Å². The van der Waals surface area contributed by atoms with Crippen LogP contribution in [0.4, 0.5) is 11.4 Å². The molecule has 3 rings (SSSR count). The lowest BCUT2D eigenvalue weighted by atomic mass is 10.2. The largest absolute Gasteiger partial charge is 0.312 e. The Morgan fingerprint density at radius 1 is 1.45 bits per heavy atom. The minimum atomic E-state index is -0.462. The Morgan fingerprint density at radius 2 is 2.27 bits per heavy atom. The van der Waals surface area contributed by atoms with Crippen LogP contribution in [0.2, 0.25) is 0 Å². The number of anilines is 1. The lowest BCUT2D eigenvalue weighted by molar-refractivity contribution is -0.384. The van der Waals surface area contributed by atoms with Gasteiger partial charge in [-0.15, -0.1) is 10.2 Å². The van der Waals surface area contributed by atoms with E-state index in [0.717, 1.165) is 0 Å². The van der Waals surface area contributed by atoms with Crippen molar-refractivity contribution in [2.24, 2.45) is 7.05 Å². The third-order valence-electron chi connectivity index (χ3n) is 3.43. The number of aryl methyl sites for hydroxylation is 1. The molecule has 114 valence electrons. The van der Waals surface area contributed by atoms with Gasteiger partial charge in [-0.2, -0.15) is 0 Å². The van der Waals surface area contributed by atoms with Crippen LogP contribution in [0.1, 0.15) is 6.42 Å². The van der Waals surface area contributed by atoms with Crippen molar-refractivity contribution in [3.63, 3.8) is 0 Å². The van der Waals surface area contributed by atoms with Crippen LogP contribution in [-0.2, 0) is 11.8 Å². The predicted octanol–water partition coefficient (Wildman–Crippen LogP) is 1.62. The van der Waals surface area contributed by atoms with Crippen molar-refractivity contribution in [3.8, 4) is 0 Å². The fourth-order valence-corrected chi connectivity index (χ4v) is 3.31. The van der Waals surface area contributed by atoms with Gasteiger partial charge >= 0.3 is 0 Å². The summed E-state index contributed by atoms with van der Waals surface area (Å²) in [4.78, 5) is 24.5. The normalized spacial score (nSPS) is 18.0. The van der Waals surface area contributed by atoms with Gasteiger partial charge in [-0.1, -0.05) is 17.8 Å². The second-order valence-electron chi connectivity index (χ2n) is 4.89. The summed E-state index contributed by atoms with van der Waals surface area (Å²) in [5.74, 6) is -0.0616. The van der Waals surface area contributed by atoms with Crippen LogP contribution in [-0.4, -0.2) is 37.4 Å². The highest BCUT2D eigenvalue weighted by molar-refractivity contribution is 8.00. The van der Waals surface area contributed by atoms with Gasteiger partial charge in [0.1, 0.15) is 6.33 Å². The Morgan fingerprint density at radius 3 is 2.95 bits per heavy atom. The smallest absolute Gasteiger partial charge is 0.271 e. The zero-order chi connectivity index (χ0) is 15.7. The number of nitro groups is 1. The Hall–Kier alpha value is -2.42. The summed E-state index contributed by atoms with van der Waals surface area (Å²) in [6.45, 7) is 0.537. The van der Waals surface area contributed by atoms with E-state index in [2.05, 4.69) is 10.2 Å². The number of benzene rings is 1. The monoisotopic (exact) mass is 319 g/mol. The van der Waals surface area contributed by atoms with Crippen molar-refractivity contribution in [1.82, 2.24) is 14.8 Å². The first-order valence-electron chi connectivity index (χ1n) is 6.63. The number of rotatable bonds is 4. The van der Waals surface area contributed by atoms with Crippen molar-refractivity contribution in [2.75, 3.05) is 11.4 Å². The molecule has 0 radical (unpaired) electrons. The van der Waals surface area contributed by atoms with E-state index in [-0.39, 0.29) is 16.8 Å². The lowest BCUT2D eigenvalue weighted by Crippen LogP contribution is -2.28. The van der Waals surface area contributed by atoms with E-state index in [1.807, 2.05) is 7.05 Å². The van der Waals surface area contributed by atoms with Gasteiger partial charge in [-0.05, 0) is 12.5 Å². The van der Waals surface area contributed by atoms with Gasteiger partial charge in [0, 0.05) is 25.7 Å². The maximum absolute atomic E-state index is 12.5. The first-order valence-corrected chi connectivity index (χ1v) is 7.50. The average molecular weight is 319 g/mol. The molecule has 8 nitrogen and oxygen atoms in total. The van der Waals surface area contributed by atoms with Gasteiger partial charge in [-0.3, -0.25) is 14.9 Å². The molecule has 2 heterocycles. The molecule has 9 heteroatoms. The van der Waals surface area contributed by atoms with E-state index in [1.165, 1.54) is 23.9 Å². The van der Waals surface area contributed by atoms with E-state index in [9.17, 15) is 14.9 Å². The summed E-state index contributed by atoms with van der Waals surface area (Å²) in [5.41, 5.74) is 0.537. The van der Waals surface area contributed by atoms with Crippen LogP contribution in [0, 0.1) is 10.1 Å². The molecule has 1 atom stereocenters. The zero-order valence-electron chi connectivity index (χ0n) is 11.7. The number of nitrogens with zero attached hydrogens (tertiary/aromatic N) is 5. The molecule has 2 aromatic rings. The minimum absolute atomic E-state index is 0.0188. The molecule has 1 amide bonds. The van der Waals surface area contributed by atoms with Crippen LogP contribution in [0.5, 0.6) is 0 Å². The lowest BCUT2D eigenvalue weighted by Gasteiger charge is -2.16. The van der Waals surface area contributed by atoms with E-state index < -0.39 is 4.92 Å². The maximum Gasteiger partial charge on any atom is 0.271 e. The Bertz CT molecular complexity index is 732. The Kier molecular flexibility index (Phi) is 3.80. The molecule has 1 unspecified atom stereocenters. The van der Waals surface area contributed by atoms with Crippen LogP contribution in [0.25, 0.3) is 0 Å². The fourth-order valence-electron chi connectivity index (χ4n) is 2.30. The molecule has 1 aliphatic rings. The summed E-state index contributed by atoms with van der Waals surface area (Å²) >= 11 is 1.37. The van der Waals surface area contributed by atoms with Crippen LogP contribution < -0.4 is 4.90 Å². The highest BCUT2D eigenvalue weighted by Gasteiger charge is 2.34. The molecule has 0 N–H and O–H groups in total. The molecular formula is C13H13N5O3S. The number of thioether (sulfide) groups is 1. The first-order chi connectivity index (χ1) is 10.6. The second kappa shape index (κ2) is 5.76. The number of aromatic nitrogens is 3. The van der Waals surface area contributed by atoms with Crippen LogP contribution >= 0.6 is 11.8 Å². The van der Waals surface area contributed by atoms with Crippen molar-refractivity contribution < 1.29 is 9.72 Å². The molecule has 1 fully saturated rings. The Labute approximate surface area is 130 Å². The number of amides is 1. The zero-order valence-corrected chi connectivity index (χ0v) is 12.6. The summed E-state index contributed by atoms with van der Waals surface area (Å²) in [5, 5.41) is 19.0. The second-order valence-corrected chi connectivity index (χ2v) is 6.06. The average Bonchev–Trinajstić information content (AvgIpc) is 3.07. The molecule has 0 aliphatic carbocycles. The highest BCUT2D eigenvalue weighted by atomic mass is 32.2. The maximum atomic E-state index is 12.5. The Balaban J connectivity index is 1.77. The third kappa shape index (κ3) is 2.67. The van der Waals surface area contributed by atoms with Gasteiger partial charge < -0.3 is 9.47 Å². The molecule has 1 aromatic carbocycles. The number of hydrogen-bond acceptors (Lipinski definition) is 6. The minimum Gasteiger partial charge on any atom is -0.312 e. The summed E-state index contributed by atoms with van der Waals surface area (Å²) in [6.07, 6.45) is 2.25. The van der Waals surface area contributed by atoms with E-state index in [0.29, 0.717) is 23.8 Å². The topological polar surface area (TPSA) is 94.2 Å². The number of carbonyl (C=O) groups excluding carboxylic acids is 1. The molecule has 1 aliphatic heterocycles. The molecule has 0 spiro atoms. The van der Waals surface area contributed by atoms with Crippen molar-refractivity contribution in [1.29, 1.82) is 0 Å². The molecule has 1 saturated heterocycles. The van der Waals surface area contributed by atoms with E-state index in [1.54, 1.807) is 27.9 Å².